The molecule has 0 fully saturated rings. The van der Waals surface area contributed by atoms with Crippen LogP contribution in [0.3, 0.4) is 0 Å². The third-order valence-electron chi connectivity index (χ3n) is 1.65. The first-order chi connectivity index (χ1) is 5.35. The van der Waals surface area contributed by atoms with E-state index in [1.54, 1.807) is 0 Å². The summed E-state index contributed by atoms with van der Waals surface area (Å²) in [6.45, 7) is 5.58. The first-order valence-corrected chi connectivity index (χ1v) is 4.03. The summed E-state index contributed by atoms with van der Waals surface area (Å²) in [6, 6.07) is 0.549. The Labute approximate surface area is 69.9 Å². The molecule has 1 atom stereocenters. The summed E-state index contributed by atoms with van der Waals surface area (Å²) >= 11 is 0. The lowest BCUT2D eigenvalue weighted by atomic mass is 10.1. The van der Waals surface area contributed by atoms with Crippen LogP contribution < -0.4 is 5.32 Å². The number of rotatable bonds is 5. The van der Waals surface area contributed by atoms with Gasteiger partial charge in [-0.25, -0.2) is 0 Å². The molecule has 1 unspecified atom stereocenters. The van der Waals surface area contributed by atoms with Crippen molar-refractivity contribution >= 4 is 0 Å². The second-order valence-corrected chi connectivity index (χ2v) is 2.48. The topological polar surface area (TPSA) is 12.0 Å². The molecule has 0 aliphatic heterocycles. The van der Waals surface area contributed by atoms with E-state index in [1.165, 1.54) is 0 Å². The Morgan fingerprint density at radius 1 is 1.64 bits per heavy atom. The quantitative estimate of drug-likeness (QED) is 0.468. The van der Waals surface area contributed by atoms with E-state index in [2.05, 4.69) is 23.7 Å². The Kier molecular flexibility index (Phi) is 6.87. The fourth-order valence-electron chi connectivity index (χ4n) is 0.953. The molecule has 0 aliphatic rings. The largest absolute Gasteiger partial charge is 0.317 e. The number of hydrogen-bond acceptors (Lipinski definition) is 1. The summed E-state index contributed by atoms with van der Waals surface area (Å²) in [5, 5.41) is 3.22. The van der Waals surface area contributed by atoms with Crippen molar-refractivity contribution < 1.29 is 0 Å². The normalized spacial score (nSPS) is 11.5. The van der Waals surface area contributed by atoms with Crippen molar-refractivity contribution in [1.29, 1.82) is 0 Å². The van der Waals surface area contributed by atoms with Gasteiger partial charge in [0.15, 0.2) is 0 Å². The number of hydrogen-bond donors (Lipinski definition) is 1. The highest BCUT2D eigenvalue weighted by Crippen LogP contribution is 2.00. The Morgan fingerprint density at radius 3 is 2.82 bits per heavy atom. The van der Waals surface area contributed by atoms with Crippen LogP contribution in [0.2, 0.25) is 0 Å². The first-order valence-electron chi connectivity index (χ1n) is 4.03. The maximum Gasteiger partial charge on any atom is 0.0107 e. The van der Waals surface area contributed by atoms with Gasteiger partial charge in [0.05, 0.1) is 0 Å². The fraction of sp³-hybridized carbons (Fsp3) is 0.600. The van der Waals surface area contributed by atoms with Crippen LogP contribution in [0.1, 0.15) is 26.2 Å². The third kappa shape index (κ3) is 5.69. The molecule has 1 nitrogen and oxygen atoms in total. The number of nitrogens with one attached hydrogen (secondary N) is 1. The molecule has 0 aromatic rings. The molecule has 0 rings (SSSR count). The van der Waals surface area contributed by atoms with Crippen molar-refractivity contribution in [2.75, 3.05) is 7.05 Å². The van der Waals surface area contributed by atoms with E-state index in [0.717, 1.165) is 19.3 Å². The van der Waals surface area contributed by atoms with Gasteiger partial charge in [0, 0.05) is 12.5 Å². The van der Waals surface area contributed by atoms with Crippen LogP contribution in [0.4, 0.5) is 0 Å². The zero-order valence-corrected chi connectivity index (χ0v) is 7.48. The van der Waals surface area contributed by atoms with Gasteiger partial charge >= 0.3 is 0 Å². The molecule has 62 valence electrons. The predicted octanol–water partition coefficient (Wildman–Crippen LogP) is 1.95. The van der Waals surface area contributed by atoms with E-state index in [1.807, 2.05) is 20.0 Å². The molecule has 0 aromatic heterocycles. The molecule has 0 radical (unpaired) electrons. The Balaban J connectivity index is 3.48. The van der Waals surface area contributed by atoms with Gasteiger partial charge in [0.1, 0.15) is 0 Å². The van der Waals surface area contributed by atoms with Gasteiger partial charge in [0.2, 0.25) is 0 Å². The van der Waals surface area contributed by atoms with Gasteiger partial charge in [-0.05, 0) is 26.8 Å². The van der Waals surface area contributed by atoms with Crippen LogP contribution in [0, 0.1) is 11.8 Å². The molecule has 0 heterocycles. The Morgan fingerprint density at radius 2 is 2.36 bits per heavy atom. The molecule has 0 spiro atoms. The average Bonchev–Trinajstić information content (AvgIpc) is 2.03. The molecular formula is C10H17N. The van der Waals surface area contributed by atoms with Crippen molar-refractivity contribution in [2.24, 2.45) is 0 Å². The van der Waals surface area contributed by atoms with E-state index >= 15 is 0 Å². The van der Waals surface area contributed by atoms with Gasteiger partial charge in [-0.15, -0.1) is 18.4 Å². The molecule has 0 amide bonds. The molecule has 11 heavy (non-hydrogen) atoms. The SMILES string of the molecule is C=CCC(CCC#CC)NC. The lowest BCUT2D eigenvalue weighted by Crippen LogP contribution is -2.23. The van der Waals surface area contributed by atoms with Crippen LogP contribution in [-0.4, -0.2) is 13.1 Å². The van der Waals surface area contributed by atoms with Crippen LogP contribution in [0.25, 0.3) is 0 Å². The zero-order chi connectivity index (χ0) is 8.53. The Hall–Kier alpha value is -0.740. The average molecular weight is 151 g/mol. The summed E-state index contributed by atoms with van der Waals surface area (Å²) in [6.07, 6.45) is 5.07. The fourth-order valence-corrected chi connectivity index (χ4v) is 0.953. The highest BCUT2D eigenvalue weighted by molar-refractivity contribution is 4.95. The molecule has 0 aromatic carbocycles. The van der Waals surface area contributed by atoms with Crippen molar-refractivity contribution in [3.8, 4) is 11.8 Å². The lowest BCUT2D eigenvalue weighted by molar-refractivity contribution is 0.536. The van der Waals surface area contributed by atoms with Gasteiger partial charge in [-0.2, -0.15) is 0 Å². The van der Waals surface area contributed by atoms with E-state index in [9.17, 15) is 0 Å². The monoisotopic (exact) mass is 151 g/mol. The summed E-state index contributed by atoms with van der Waals surface area (Å²) in [4.78, 5) is 0. The molecule has 0 saturated carbocycles. The van der Waals surface area contributed by atoms with Crippen LogP contribution in [0.15, 0.2) is 12.7 Å². The minimum atomic E-state index is 0.549. The molecule has 0 saturated heterocycles. The second-order valence-electron chi connectivity index (χ2n) is 2.48. The maximum atomic E-state index is 3.70. The summed E-state index contributed by atoms with van der Waals surface area (Å²) in [7, 11) is 1.98. The van der Waals surface area contributed by atoms with Crippen LogP contribution >= 0.6 is 0 Å². The van der Waals surface area contributed by atoms with E-state index in [-0.39, 0.29) is 0 Å². The highest BCUT2D eigenvalue weighted by Gasteiger charge is 2.00. The molecule has 1 N–H and O–H groups in total. The molecule has 0 aliphatic carbocycles. The van der Waals surface area contributed by atoms with Crippen LogP contribution in [0.5, 0.6) is 0 Å². The van der Waals surface area contributed by atoms with Crippen molar-refractivity contribution in [3.05, 3.63) is 12.7 Å². The van der Waals surface area contributed by atoms with Crippen molar-refractivity contribution in [3.63, 3.8) is 0 Å². The second kappa shape index (κ2) is 7.37. The highest BCUT2D eigenvalue weighted by atomic mass is 14.9. The lowest BCUT2D eigenvalue weighted by Gasteiger charge is -2.10. The van der Waals surface area contributed by atoms with E-state index in [4.69, 9.17) is 0 Å². The minimum Gasteiger partial charge on any atom is -0.317 e. The van der Waals surface area contributed by atoms with Crippen LogP contribution in [-0.2, 0) is 0 Å². The molecule has 1 heteroatoms. The molecule has 0 bridgehead atoms. The molecular weight excluding hydrogens is 134 g/mol. The maximum absolute atomic E-state index is 3.70. The van der Waals surface area contributed by atoms with Gasteiger partial charge in [-0.3, -0.25) is 0 Å². The van der Waals surface area contributed by atoms with Gasteiger partial charge < -0.3 is 5.32 Å². The predicted molar refractivity (Wildman–Crippen MR) is 50.3 cm³/mol. The third-order valence-corrected chi connectivity index (χ3v) is 1.65. The summed E-state index contributed by atoms with van der Waals surface area (Å²) in [5.74, 6) is 5.93. The first kappa shape index (κ1) is 10.3. The minimum absolute atomic E-state index is 0.549. The smallest absolute Gasteiger partial charge is 0.0107 e. The summed E-state index contributed by atoms with van der Waals surface area (Å²) in [5.41, 5.74) is 0. The zero-order valence-electron chi connectivity index (χ0n) is 7.48. The van der Waals surface area contributed by atoms with Crippen molar-refractivity contribution in [2.45, 2.75) is 32.2 Å². The van der Waals surface area contributed by atoms with E-state index in [0.29, 0.717) is 6.04 Å². The van der Waals surface area contributed by atoms with Crippen molar-refractivity contribution in [1.82, 2.24) is 5.32 Å². The Bertz CT molecular complexity index is 150. The van der Waals surface area contributed by atoms with Gasteiger partial charge in [0.25, 0.3) is 0 Å². The standard InChI is InChI=1S/C10H17N/c1-4-6-7-9-10(11-3)8-5-2/h5,10-11H,2,7-9H2,1,3H3. The summed E-state index contributed by atoms with van der Waals surface area (Å²) < 4.78 is 0. The van der Waals surface area contributed by atoms with E-state index < -0.39 is 0 Å². The van der Waals surface area contributed by atoms with Gasteiger partial charge in [-0.1, -0.05) is 6.08 Å².